The second kappa shape index (κ2) is 29.9. The minimum Gasteiger partial charge on any atom is -0.747 e. The van der Waals surface area contributed by atoms with Gasteiger partial charge in [0.1, 0.15) is 53.8 Å². The number of ether oxygens (including phenoxy) is 7. The van der Waals surface area contributed by atoms with Crippen LogP contribution in [0.15, 0.2) is 0 Å². The number of carbonyl (C=O) groups excluding carboxylic acids is 7. The molecular weight excluding hydrogens is 1220 g/mol. The molecule has 12 rings (SSSR count). The van der Waals surface area contributed by atoms with Crippen LogP contribution in [-0.4, -0.2) is 145 Å². The Balaban J connectivity index is 0.000000191. The van der Waals surface area contributed by atoms with Crippen molar-refractivity contribution in [2.45, 2.75) is 254 Å². The van der Waals surface area contributed by atoms with Crippen LogP contribution < -0.4 is 5.73 Å². The lowest BCUT2D eigenvalue weighted by molar-refractivity contribution is -0.214. The minimum atomic E-state index is -5.11. The molecule has 89 heavy (non-hydrogen) atoms. The summed E-state index contributed by atoms with van der Waals surface area (Å²) in [5.74, 6) is -3.61. The molecule has 12 aliphatic carbocycles. The first-order valence-electron chi connectivity index (χ1n) is 32.5. The van der Waals surface area contributed by atoms with Crippen LogP contribution in [0.5, 0.6) is 0 Å². The molecule has 0 aromatic carbocycles. The van der Waals surface area contributed by atoms with Crippen molar-refractivity contribution >= 4 is 72.1 Å². The fourth-order valence-corrected chi connectivity index (χ4v) is 19.5. The Kier molecular flexibility index (Phi) is 24.4. The predicted octanol–water partition coefficient (Wildman–Crippen LogP) is 6.82. The van der Waals surface area contributed by atoms with E-state index in [0.717, 1.165) is 128 Å². The monoisotopic (exact) mass is 1320 g/mol. The first kappa shape index (κ1) is 72.4. The fraction of sp³-hybridized carbons (Fsp3) is 0.887. The maximum atomic E-state index is 12.7. The van der Waals surface area contributed by atoms with E-state index in [9.17, 15) is 72.5 Å². The number of nitrogens with two attached hydrogens (primary N) is 1. The van der Waals surface area contributed by atoms with Crippen LogP contribution in [0.1, 0.15) is 209 Å². The first-order valence-corrected chi connectivity index (χ1v) is 36.9. The van der Waals surface area contributed by atoms with Gasteiger partial charge in [0.05, 0.1) is 39.1 Å². The predicted molar refractivity (Wildman–Crippen MR) is 315 cm³/mol. The van der Waals surface area contributed by atoms with Crippen LogP contribution >= 0.6 is 0 Å². The molecule has 0 heterocycles. The summed E-state index contributed by atoms with van der Waals surface area (Å²) >= 11 is 0. The van der Waals surface area contributed by atoms with Gasteiger partial charge in [-0.15, -0.1) is 0 Å². The minimum absolute atomic E-state index is 0.0681. The van der Waals surface area contributed by atoms with E-state index in [1.807, 2.05) is 41.5 Å². The Morgan fingerprint density at radius 2 is 0.730 bits per heavy atom. The maximum Gasteiger partial charge on any atom is 0.324 e. The van der Waals surface area contributed by atoms with Crippen molar-refractivity contribution in [3.8, 4) is 0 Å². The molecule has 12 saturated carbocycles. The van der Waals surface area contributed by atoms with Crippen LogP contribution in [0.2, 0.25) is 0 Å². The maximum absolute atomic E-state index is 12.7. The summed E-state index contributed by atoms with van der Waals surface area (Å²) in [5.41, 5.74) is 5.01. The van der Waals surface area contributed by atoms with E-state index >= 15 is 0 Å². The number of rotatable bonds is 28. The van der Waals surface area contributed by atoms with E-state index in [2.05, 4.69) is 0 Å². The van der Waals surface area contributed by atoms with E-state index < -0.39 is 125 Å². The van der Waals surface area contributed by atoms with Crippen molar-refractivity contribution in [2.24, 2.45) is 76.7 Å². The Bertz CT molecular complexity index is 2810. The van der Waals surface area contributed by atoms with E-state index in [-0.39, 0.29) is 72.8 Å². The molecular formula is C62H96NO23S3-3. The van der Waals surface area contributed by atoms with Gasteiger partial charge in [0, 0.05) is 24.3 Å². The normalized spacial score (nSPS) is 33.7. The molecule has 0 aromatic heterocycles. The topological polar surface area (TPSA) is 382 Å². The van der Waals surface area contributed by atoms with Gasteiger partial charge in [-0.3, -0.25) is 33.6 Å². The smallest absolute Gasteiger partial charge is 0.324 e. The van der Waals surface area contributed by atoms with Gasteiger partial charge in [-0.25, -0.2) is 25.3 Å². The van der Waals surface area contributed by atoms with Gasteiger partial charge < -0.3 is 52.5 Å². The Hall–Kier alpha value is -4.02. The highest BCUT2D eigenvalue weighted by atomic mass is 32.2. The molecule has 12 aliphatic rings. The zero-order chi connectivity index (χ0) is 65.6. The van der Waals surface area contributed by atoms with Crippen molar-refractivity contribution in [1.29, 1.82) is 0 Å². The largest absolute Gasteiger partial charge is 0.747 e. The van der Waals surface area contributed by atoms with Crippen molar-refractivity contribution in [3.63, 3.8) is 0 Å². The first-order chi connectivity index (χ1) is 41.5. The summed E-state index contributed by atoms with van der Waals surface area (Å²) in [5, 5.41) is -6.23. The van der Waals surface area contributed by atoms with Crippen LogP contribution in [-0.2, 0) is 97.1 Å². The number of hydrogen-bond donors (Lipinski definition) is 1. The molecule has 508 valence electrons. The van der Waals surface area contributed by atoms with Crippen LogP contribution in [0, 0.1) is 71.0 Å². The van der Waals surface area contributed by atoms with Gasteiger partial charge in [-0.1, -0.05) is 60.8 Å². The highest BCUT2D eigenvalue weighted by Crippen LogP contribution is 2.60. The molecule has 2 N–H and O–H groups in total. The summed E-state index contributed by atoms with van der Waals surface area (Å²) in [6, 6.07) is 0. The molecule has 0 aromatic rings. The highest BCUT2D eigenvalue weighted by molar-refractivity contribution is 7.87. The zero-order valence-corrected chi connectivity index (χ0v) is 55.3. The number of esters is 7. The van der Waals surface area contributed by atoms with Crippen LogP contribution in [0.4, 0.5) is 0 Å². The standard InChI is InChI=1S/C22H34O9S.C20H33NO7S.C20H32O7S/c1-4-5-13(2)12-29-19(24)8-18(32(26,27)28)21(25)30-20-16-6-15-7-17(20)11-22(9-15,10-16)31-14(3)23;1-3-4-12(2)11-27-17(22)7-16(29(24,25)26)19(23)28-18-14-5-13-6-15(18)10-20(21,8-13)9-14;1-3-4-13(2)12-26-18(21)8-17(28(23,24)25)19(22)27-20-9-14-5-15(10-20)7-16(6-14)11-20/h13,15-18,20H,4-12H2,1-3H3,(H,26,27,28);12-16,18H,3-11,21H2,1-2H3,(H,24,25,26);13-17H,3-12H2,1-2H3,(H,23,24,25)/p-3. The molecule has 0 radical (unpaired) electrons. The Morgan fingerprint density at radius 3 is 1.03 bits per heavy atom. The second-order valence-electron chi connectivity index (χ2n) is 28.7. The third kappa shape index (κ3) is 19.8. The SMILES string of the molecule is CCCC(C)COC(=O)CC(C(=O)OC12CC3CC(CC(C3)C1)C2)S(=O)(=O)[O-].CCCC(C)COC(=O)CC(C(=O)OC1C2CC3CC1CC(N)(C3)C2)S(=O)(=O)[O-].CCCC(C)COC(=O)CC(C(=O)OC1C2CC3CC1CC(OC(C)=O)(C3)C2)S(=O)(=O)[O-]. The van der Waals surface area contributed by atoms with E-state index in [1.54, 1.807) is 0 Å². The molecule has 27 heteroatoms. The lowest BCUT2D eigenvalue weighted by Crippen LogP contribution is -2.62. The third-order valence-corrected chi connectivity index (χ3v) is 23.5. The van der Waals surface area contributed by atoms with Gasteiger partial charge in [-0.05, 0) is 181 Å². The molecule has 12 bridgehead atoms. The number of hydrogen-bond acceptors (Lipinski definition) is 24. The lowest BCUT2D eigenvalue weighted by Gasteiger charge is -2.58. The summed E-state index contributed by atoms with van der Waals surface area (Å²) in [4.78, 5) is 85.7. The molecule has 24 nitrogen and oxygen atoms in total. The zero-order valence-electron chi connectivity index (χ0n) is 52.8. The summed E-state index contributed by atoms with van der Waals surface area (Å²) < 4.78 is 143. The molecule has 0 saturated heterocycles. The summed E-state index contributed by atoms with van der Waals surface area (Å²) in [7, 11) is -15.2. The van der Waals surface area contributed by atoms with Crippen molar-refractivity contribution in [2.75, 3.05) is 19.8 Å². The number of carbonyl (C=O) groups is 7. The summed E-state index contributed by atoms with van der Waals surface area (Å²) in [6.07, 6.45) is 15.3. The molecule has 10 unspecified atom stereocenters. The Morgan fingerprint density at radius 1 is 0.438 bits per heavy atom. The van der Waals surface area contributed by atoms with E-state index in [1.165, 1.54) is 6.92 Å². The molecule has 0 spiro atoms. The fourth-order valence-electron chi connectivity index (χ4n) is 17.6. The lowest BCUT2D eigenvalue weighted by atomic mass is 9.52. The molecule has 0 aliphatic heterocycles. The van der Waals surface area contributed by atoms with Gasteiger partial charge in [0.25, 0.3) is 0 Å². The Labute approximate surface area is 525 Å². The average molecular weight is 1320 g/mol. The van der Waals surface area contributed by atoms with Gasteiger partial charge >= 0.3 is 41.8 Å². The van der Waals surface area contributed by atoms with Crippen LogP contribution in [0.3, 0.4) is 0 Å². The third-order valence-electron chi connectivity index (χ3n) is 20.3. The van der Waals surface area contributed by atoms with Gasteiger partial charge in [-0.2, -0.15) is 0 Å². The van der Waals surface area contributed by atoms with Crippen molar-refractivity contribution in [1.82, 2.24) is 0 Å². The molecule has 0 amide bonds. The quantitative estimate of drug-likeness (QED) is 0.0476. The average Bonchev–Trinajstić information content (AvgIpc) is 0.891. The van der Waals surface area contributed by atoms with E-state index in [0.29, 0.717) is 42.4 Å². The summed E-state index contributed by atoms with van der Waals surface area (Å²) in [6.45, 7) is 13.5. The van der Waals surface area contributed by atoms with Gasteiger partial charge in [0.15, 0.2) is 15.7 Å². The van der Waals surface area contributed by atoms with Crippen molar-refractivity contribution < 1.29 is 106 Å². The van der Waals surface area contributed by atoms with Gasteiger partial charge in [0.2, 0.25) is 0 Å². The van der Waals surface area contributed by atoms with Crippen molar-refractivity contribution in [3.05, 3.63) is 0 Å². The van der Waals surface area contributed by atoms with E-state index in [4.69, 9.17) is 38.9 Å². The molecule has 10 atom stereocenters. The molecule has 12 fully saturated rings. The second-order valence-corrected chi connectivity index (χ2v) is 33.4. The van der Waals surface area contributed by atoms with Crippen LogP contribution in [0.25, 0.3) is 0 Å². The highest BCUT2D eigenvalue weighted by Gasteiger charge is 2.60.